The quantitative estimate of drug-likeness (QED) is 0.795. The molecule has 1 unspecified atom stereocenters. The molecule has 116 valence electrons. The number of amides is 1. The van der Waals surface area contributed by atoms with Gasteiger partial charge in [-0.2, -0.15) is 0 Å². The first-order chi connectivity index (χ1) is 10.5. The molecule has 2 rings (SSSR count). The summed E-state index contributed by atoms with van der Waals surface area (Å²) in [5.41, 5.74) is 2.62. The maximum atomic E-state index is 12.5. The zero-order chi connectivity index (χ0) is 16.1. The number of benzene rings is 2. The molecule has 0 N–H and O–H groups in total. The Morgan fingerprint density at radius 3 is 2.45 bits per heavy atom. The van der Waals surface area contributed by atoms with Crippen molar-refractivity contribution in [2.75, 3.05) is 13.3 Å². The van der Waals surface area contributed by atoms with Crippen molar-refractivity contribution in [2.24, 2.45) is 0 Å². The molecule has 0 saturated carbocycles. The lowest BCUT2D eigenvalue weighted by Gasteiger charge is -2.18. The third kappa shape index (κ3) is 4.78. The fraction of sp³-hybridized carbons (Fsp3) is 0.235. The van der Waals surface area contributed by atoms with Crippen molar-refractivity contribution in [3.63, 3.8) is 0 Å². The van der Waals surface area contributed by atoms with Gasteiger partial charge in [-0.05, 0) is 35.4 Å². The summed E-state index contributed by atoms with van der Waals surface area (Å²) in [6.45, 7) is 0.552. The average Bonchev–Trinajstić information content (AvgIpc) is 2.48. The molecule has 0 aliphatic rings. The molecule has 0 fully saturated rings. The first-order valence-corrected chi connectivity index (χ1v) is 9.36. The number of carbonyl (C=O) groups excluding carboxylic acids is 1. The highest BCUT2D eigenvalue weighted by atomic mass is 79.9. The van der Waals surface area contributed by atoms with E-state index in [1.165, 1.54) is 0 Å². The van der Waals surface area contributed by atoms with E-state index >= 15 is 0 Å². The van der Waals surface area contributed by atoms with Crippen LogP contribution in [0.15, 0.2) is 53.0 Å². The normalized spacial score (nSPS) is 12.0. The minimum absolute atomic E-state index is 0.0355. The van der Waals surface area contributed by atoms with Gasteiger partial charge in [0, 0.05) is 46.4 Å². The Balaban J connectivity index is 2.09. The van der Waals surface area contributed by atoms with Gasteiger partial charge in [-0.15, -0.1) is 0 Å². The molecule has 0 aromatic heterocycles. The van der Waals surface area contributed by atoms with Gasteiger partial charge in [0.2, 0.25) is 0 Å². The maximum Gasteiger partial charge on any atom is 0.253 e. The highest BCUT2D eigenvalue weighted by Gasteiger charge is 2.12. The molecule has 0 heterocycles. The van der Waals surface area contributed by atoms with Crippen LogP contribution < -0.4 is 0 Å². The Morgan fingerprint density at radius 2 is 1.82 bits per heavy atom. The van der Waals surface area contributed by atoms with Crippen LogP contribution in [0.2, 0.25) is 0 Å². The Hall–Kier alpha value is -1.46. The topological polar surface area (TPSA) is 37.4 Å². The summed E-state index contributed by atoms with van der Waals surface area (Å²) in [4.78, 5) is 14.2. The smallest absolute Gasteiger partial charge is 0.253 e. The van der Waals surface area contributed by atoms with E-state index in [-0.39, 0.29) is 5.91 Å². The summed E-state index contributed by atoms with van der Waals surface area (Å²) in [5.74, 6) is 0.434. The number of rotatable bonds is 5. The molecule has 0 spiro atoms. The van der Waals surface area contributed by atoms with Crippen LogP contribution in [-0.2, 0) is 23.1 Å². The number of carbonyl (C=O) groups is 1. The van der Waals surface area contributed by atoms with Crippen LogP contribution in [0.1, 0.15) is 21.5 Å². The van der Waals surface area contributed by atoms with Crippen molar-refractivity contribution in [2.45, 2.75) is 12.3 Å². The second-order valence-electron chi connectivity index (χ2n) is 5.21. The molecule has 22 heavy (non-hydrogen) atoms. The standard InChI is InChI=1S/C17H18BrNO2S/c1-19(11-13-6-8-16(18)9-7-13)17(20)15-5-3-4-14(10-15)12-22(2)21/h3-10H,11-12H2,1-2H3. The molecule has 1 atom stereocenters. The monoisotopic (exact) mass is 379 g/mol. The van der Waals surface area contributed by atoms with Gasteiger partial charge in [-0.3, -0.25) is 9.00 Å². The molecule has 0 radical (unpaired) electrons. The van der Waals surface area contributed by atoms with E-state index in [0.717, 1.165) is 15.6 Å². The molecule has 0 aliphatic carbocycles. The minimum atomic E-state index is -0.912. The minimum Gasteiger partial charge on any atom is -0.337 e. The van der Waals surface area contributed by atoms with Gasteiger partial charge in [0.1, 0.15) is 0 Å². The largest absolute Gasteiger partial charge is 0.337 e. The van der Waals surface area contributed by atoms with Crippen molar-refractivity contribution >= 4 is 32.6 Å². The lowest BCUT2D eigenvalue weighted by atomic mass is 10.1. The predicted molar refractivity (Wildman–Crippen MR) is 94.2 cm³/mol. The third-order valence-electron chi connectivity index (χ3n) is 3.22. The first-order valence-electron chi connectivity index (χ1n) is 6.84. The van der Waals surface area contributed by atoms with E-state index in [1.54, 1.807) is 24.3 Å². The van der Waals surface area contributed by atoms with Gasteiger partial charge >= 0.3 is 0 Å². The van der Waals surface area contributed by atoms with Crippen LogP contribution in [0.25, 0.3) is 0 Å². The SMILES string of the molecule is CN(Cc1ccc(Br)cc1)C(=O)c1cccc(CS(C)=O)c1. The Kier molecular flexibility index (Phi) is 5.91. The van der Waals surface area contributed by atoms with Gasteiger partial charge in [0.05, 0.1) is 0 Å². The molecule has 2 aromatic carbocycles. The number of nitrogens with zero attached hydrogens (tertiary/aromatic N) is 1. The second kappa shape index (κ2) is 7.70. The Bertz CT molecular complexity index is 685. The molecule has 0 aliphatic heterocycles. The van der Waals surface area contributed by atoms with Crippen LogP contribution in [0, 0.1) is 0 Å². The van der Waals surface area contributed by atoms with E-state index in [0.29, 0.717) is 17.9 Å². The van der Waals surface area contributed by atoms with E-state index < -0.39 is 10.8 Å². The van der Waals surface area contributed by atoms with Crippen LogP contribution in [-0.4, -0.2) is 28.3 Å². The molecule has 0 bridgehead atoms. The number of hydrogen-bond acceptors (Lipinski definition) is 2. The maximum absolute atomic E-state index is 12.5. The van der Waals surface area contributed by atoms with Crippen molar-refractivity contribution in [1.29, 1.82) is 0 Å². The van der Waals surface area contributed by atoms with Crippen molar-refractivity contribution < 1.29 is 9.00 Å². The Morgan fingerprint density at radius 1 is 1.14 bits per heavy atom. The molecule has 0 saturated heterocycles. The molecular weight excluding hydrogens is 362 g/mol. The number of halogens is 1. The zero-order valence-electron chi connectivity index (χ0n) is 12.6. The fourth-order valence-corrected chi connectivity index (χ4v) is 3.10. The molecular formula is C17H18BrNO2S. The zero-order valence-corrected chi connectivity index (χ0v) is 15.0. The predicted octanol–water partition coefficient (Wildman–Crippen LogP) is 3.60. The molecule has 1 amide bonds. The molecule has 5 heteroatoms. The number of hydrogen-bond donors (Lipinski definition) is 0. The van der Waals surface area contributed by atoms with Crippen LogP contribution in [0.4, 0.5) is 0 Å². The Labute approximate surface area is 141 Å². The van der Waals surface area contributed by atoms with E-state index in [2.05, 4.69) is 15.9 Å². The highest BCUT2D eigenvalue weighted by molar-refractivity contribution is 9.10. The summed E-state index contributed by atoms with van der Waals surface area (Å²) in [6.07, 6.45) is 1.66. The van der Waals surface area contributed by atoms with E-state index in [1.807, 2.05) is 42.5 Å². The second-order valence-corrected chi connectivity index (χ2v) is 7.56. The fourth-order valence-electron chi connectivity index (χ4n) is 2.18. The third-order valence-corrected chi connectivity index (χ3v) is 4.49. The van der Waals surface area contributed by atoms with Crippen molar-refractivity contribution in [3.8, 4) is 0 Å². The van der Waals surface area contributed by atoms with Crippen molar-refractivity contribution in [1.82, 2.24) is 4.90 Å². The van der Waals surface area contributed by atoms with Crippen LogP contribution >= 0.6 is 15.9 Å². The average molecular weight is 380 g/mol. The lowest BCUT2D eigenvalue weighted by molar-refractivity contribution is 0.0785. The van der Waals surface area contributed by atoms with Gasteiger partial charge < -0.3 is 4.90 Å². The van der Waals surface area contributed by atoms with E-state index in [9.17, 15) is 9.00 Å². The van der Waals surface area contributed by atoms with Crippen LogP contribution in [0.5, 0.6) is 0 Å². The summed E-state index contributed by atoms with van der Waals surface area (Å²) >= 11 is 3.40. The molecule has 3 nitrogen and oxygen atoms in total. The summed E-state index contributed by atoms with van der Waals surface area (Å²) < 4.78 is 12.3. The van der Waals surface area contributed by atoms with Gasteiger partial charge in [0.15, 0.2) is 0 Å². The van der Waals surface area contributed by atoms with Crippen LogP contribution in [0.3, 0.4) is 0 Å². The van der Waals surface area contributed by atoms with Gasteiger partial charge in [-0.25, -0.2) is 0 Å². The van der Waals surface area contributed by atoms with E-state index in [4.69, 9.17) is 0 Å². The van der Waals surface area contributed by atoms with Gasteiger partial charge in [-0.1, -0.05) is 40.2 Å². The van der Waals surface area contributed by atoms with Crippen molar-refractivity contribution in [3.05, 3.63) is 69.7 Å². The summed E-state index contributed by atoms with van der Waals surface area (Å²) in [5, 5.41) is 0. The lowest BCUT2D eigenvalue weighted by Crippen LogP contribution is -2.26. The van der Waals surface area contributed by atoms with Gasteiger partial charge in [0.25, 0.3) is 5.91 Å². The highest BCUT2D eigenvalue weighted by Crippen LogP contribution is 2.14. The summed E-state index contributed by atoms with van der Waals surface area (Å²) in [6, 6.07) is 15.3. The molecule has 2 aromatic rings. The first kappa shape index (κ1) is 16.9. The summed E-state index contributed by atoms with van der Waals surface area (Å²) in [7, 11) is 0.875.